The molecule has 1 amide bonds. The number of amides is 1. The maximum atomic E-state index is 12.7. The van der Waals surface area contributed by atoms with Crippen molar-refractivity contribution in [2.45, 2.75) is 23.3 Å². The number of pyridine rings is 1. The van der Waals surface area contributed by atoms with E-state index in [1.54, 1.807) is 12.1 Å². The van der Waals surface area contributed by atoms with Crippen LogP contribution in [0.4, 0.5) is 5.69 Å². The molecule has 1 aliphatic rings. The van der Waals surface area contributed by atoms with Crippen molar-refractivity contribution in [2.75, 3.05) is 4.72 Å². The van der Waals surface area contributed by atoms with Crippen molar-refractivity contribution >= 4 is 37.5 Å². The number of carbonyl (C=O) groups is 1. The second kappa shape index (κ2) is 7.61. The summed E-state index contributed by atoms with van der Waals surface area (Å²) in [6.07, 6.45) is 4.76. The summed E-state index contributed by atoms with van der Waals surface area (Å²) in [4.78, 5) is 16.6. The van der Waals surface area contributed by atoms with Gasteiger partial charge < -0.3 is 5.32 Å². The normalized spacial score (nSPS) is 14.8. The molecule has 0 saturated heterocycles. The highest BCUT2D eigenvalue weighted by Gasteiger charge is 2.45. The highest BCUT2D eigenvalue weighted by Crippen LogP contribution is 2.45. The summed E-state index contributed by atoms with van der Waals surface area (Å²) < 4.78 is 28.5. The van der Waals surface area contributed by atoms with Gasteiger partial charge in [0.15, 0.2) is 0 Å². The molecule has 1 heterocycles. The van der Waals surface area contributed by atoms with E-state index in [1.165, 1.54) is 36.7 Å². The average molecular weight is 472 g/mol. The average Bonchev–Trinajstić information content (AvgIpc) is 3.49. The van der Waals surface area contributed by atoms with E-state index in [0.717, 1.165) is 22.9 Å². The van der Waals surface area contributed by atoms with Crippen molar-refractivity contribution in [1.29, 1.82) is 0 Å². The fraction of sp³-hybridized carbons (Fsp3) is 0.143. The van der Waals surface area contributed by atoms with Crippen LogP contribution in [-0.4, -0.2) is 19.3 Å². The van der Waals surface area contributed by atoms with Crippen molar-refractivity contribution in [3.05, 3.63) is 88.7 Å². The quantitative estimate of drug-likeness (QED) is 0.567. The minimum Gasteiger partial charge on any atom is -0.343 e. The van der Waals surface area contributed by atoms with Crippen molar-refractivity contribution in [3.63, 3.8) is 0 Å². The van der Waals surface area contributed by atoms with Gasteiger partial charge in [0, 0.05) is 22.4 Å². The predicted molar refractivity (Wildman–Crippen MR) is 114 cm³/mol. The molecule has 8 heteroatoms. The molecule has 0 spiro atoms. The van der Waals surface area contributed by atoms with Gasteiger partial charge in [-0.3, -0.25) is 14.5 Å². The second-order valence-corrected chi connectivity index (χ2v) is 9.51. The molecule has 6 nitrogen and oxygen atoms in total. The lowest BCUT2D eigenvalue weighted by Crippen LogP contribution is -2.34. The molecule has 1 aromatic heterocycles. The molecule has 0 unspecified atom stereocenters. The molecule has 0 atom stereocenters. The van der Waals surface area contributed by atoms with Gasteiger partial charge in [0.05, 0.1) is 16.1 Å². The molecule has 1 aliphatic carbocycles. The van der Waals surface area contributed by atoms with Gasteiger partial charge in [-0.1, -0.05) is 28.1 Å². The van der Waals surface area contributed by atoms with Crippen molar-refractivity contribution < 1.29 is 13.2 Å². The van der Waals surface area contributed by atoms with E-state index in [1.807, 2.05) is 24.3 Å². The Morgan fingerprint density at radius 1 is 0.931 bits per heavy atom. The smallest absolute Gasteiger partial charge is 0.261 e. The molecule has 148 valence electrons. The van der Waals surface area contributed by atoms with E-state index < -0.39 is 10.0 Å². The molecule has 0 aliphatic heterocycles. The van der Waals surface area contributed by atoms with Gasteiger partial charge in [0.1, 0.15) is 0 Å². The lowest BCUT2D eigenvalue weighted by Gasteiger charge is -2.18. The maximum Gasteiger partial charge on any atom is 0.261 e. The van der Waals surface area contributed by atoms with Crippen LogP contribution in [0.25, 0.3) is 0 Å². The van der Waals surface area contributed by atoms with Crippen LogP contribution in [0.2, 0.25) is 0 Å². The van der Waals surface area contributed by atoms with Gasteiger partial charge in [-0.2, -0.15) is 0 Å². The Bertz CT molecular complexity index is 1130. The predicted octanol–water partition coefficient (Wildman–Crippen LogP) is 4.06. The third-order valence-electron chi connectivity index (χ3n) is 4.86. The summed E-state index contributed by atoms with van der Waals surface area (Å²) in [7, 11) is -3.74. The van der Waals surface area contributed by atoms with Crippen LogP contribution in [0, 0.1) is 0 Å². The van der Waals surface area contributed by atoms with Crippen LogP contribution < -0.4 is 10.0 Å². The van der Waals surface area contributed by atoms with Crippen molar-refractivity contribution in [3.8, 4) is 0 Å². The fourth-order valence-electron chi connectivity index (χ4n) is 3.09. The number of carbonyl (C=O) groups excluding carboxylic acids is 1. The van der Waals surface area contributed by atoms with Gasteiger partial charge in [-0.05, 0) is 66.9 Å². The Kier molecular flexibility index (Phi) is 5.14. The van der Waals surface area contributed by atoms with E-state index in [-0.39, 0.29) is 16.3 Å². The van der Waals surface area contributed by atoms with E-state index in [0.29, 0.717) is 11.3 Å². The Balaban J connectivity index is 1.48. The van der Waals surface area contributed by atoms with E-state index in [4.69, 9.17) is 0 Å². The molecule has 0 radical (unpaired) electrons. The fourth-order valence-corrected chi connectivity index (χ4v) is 4.41. The standard InChI is InChI=1S/C21H18BrN3O3S/c22-17-5-3-16(4-6-17)21(11-12-21)24-20(26)15-1-7-19(8-2-15)29(27,28)25-18-9-13-23-14-10-18/h1-10,13-14H,11-12H2,(H,23,25)(H,24,26). The third-order valence-corrected chi connectivity index (χ3v) is 6.78. The summed E-state index contributed by atoms with van der Waals surface area (Å²) >= 11 is 3.42. The monoisotopic (exact) mass is 471 g/mol. The van der Waals surface area contributed by atoms with E-state index >= 15 is 0 Å². The van der Waals surface area contributed by atoms with Crippen LogP contribution in [0.1, 0.15) is 28.8 Å². The first kappa shape index (κ1) is 19.6. The van der Waals surface area contributed by atoms with Gasteiger partial charge in [-0.15, -0.1) is 0 Å². The van der Waals surface area contributed by atoms with Crippen molar-refractivity contribution in [1.82, 2.24) is 10.3 Å². The summed E-state index contributed by atoms with van der Waals surface area (Å²) in [5.41, 5.74) is 1.56. The number of nitrogens with zero attached hydrogens (tertiary/aromatic N) is 1. The number of benzene rings is 2. The second-order valence-electron chi connectivity index (χ2n) is 6.91. The minimum atomic E-state index is -3.74. The maximum absolute atomic E-state index is 12.7. The zero-order chi connectivity index (χ0) is 20.5. The SMILES string of the molecule is O=C(NC1(c2ccc(Br)cc2)CC1)c1ccc(S(=O)(=O)Nc2ccncc2)cc1. The Morgan fingerprint density at radius 3 is 2.14 bits per heavy atom. The Hall–Kier alpha value is -2.71. The highest BCUT2D eigenvalue weighted by molar-refractivity contribution is 9.10. The molecular formula is C21H18BrN3O3S. The summed E-state index contributed by atoms with van der Waals surface area (Å²) in [5.74, 6) is -0.226. The zero-order valence-electron chi connectivity index (χ0n) is 15.3. The number of aromatic nitrogens is 1. The number of nitrogens with one attached hydrogen (secondary N) is 2. The number of rotatable bonds is 6. The van der Waals surface area contributed by atoms with Crippen LogP contribution in [0.3, 0.4) is 0 Å². The third kappa shape index (κ3) is 4.33. The molecule has 1 fully saturated rings. The molecule has 29 heavy (non-hydrogen) atoms. The van der Waals surface area contributed by atoms with Gasteiger partial charge >= 0.3 is 0 Å². The van der Waals surface area contributed by atoms with Crippen LogP contribution in [-0.2, 0) is 15.6 Å². The summed E-state index contributed by atoms with van der Waals surface area (Å²) in [5, 5.41) is 3.09. The topological polar surface area (TPSA) is 88.2 Å². The number of hydrogen-bond acceptors (Lipinski definition) is 4. The zero-order valence-corrected chi connectivity index (χ0v) is 17.7. The van der Waals surface area contributed by atoms with Crippen molar-refractivity contribution in [2.24, 2.45) is 0 Å². The van der Waals surface area contributed by atoms with Crippen LogP contribution >= 0.6 is 15.9 Å². The largest absolute Gasteiger partial charge is 0.343 e. The summed E-state index contributed by atoms with van der Waals surface area (Å²) in [6, 6.07) is 16.9. The number of sulfonamides is 1. The first-order chi connectivity index (χ1) is 13.9. The molecule has 0 bridgehead atoms. The number of anilines is 1. The molecule has 1 saturated carbocycles. The highest BCUT2D eigenvalue weighted by atomic mass is 79.9. The Morgan fingerprint density at radius 2 is 1.55 bits per heavy atom. The van der Waals surface area contributed by atoms with Gasteiger partial charge in [0.2, 0.25) is 0 Å². The number of hydrogen-bond donors (Lipinski definition) is 2. The van der Waals surface area contributed by atoms with E-state index in [2.05, 4.69) is 31.0 Å². The first-order valence-corrected chi connectivity index (χ1v) is 11.3. The lowest BCUT2D eigenvalue weighted by atomic mass is 10.0. The van der Waals surface area contributed by atoms with Gasteiger partial charge in [-0.25, -0.2) is 8.42 Å². The molecule has 2 aromatic carbocycles. The van der Waals surface area contributed by atoms with Gasteiger partial charge in [0.25, 0.3) is 15.9 Å². The minimum absolute atomic E-state index is 0.0832. The molecule has 4 rings (SSSR count). The lowest BCUT2D eigenvalue weighted by molar-refractivity contribution is 0.0930. The molecule has 3 aromatic rings. The first-order valence-electron chi connectivity index (χ1n) is 8.99. The molecular weight excluding hydrogens is 454 g/mol. The number of halogens is 1. The summed E-state index contributed by atoms with van der Waals surface area (Å²) in [6.45, 7) is 0. The van der Waals surface area contributed by atoms with Crippen LogP contribution in [0.15, 0.2) is 82.4 Å². The van der Waals surface area contributed by atoms with E-state index in [9.17, 15) is 13.2 Å². The Labute approximate surface area is 177 Å². The molecule has 2 N–H and O–H groups in total. The van der Waals surface area contributed by atoms with Crippen LogP contribution in [0.5, 0.6) is 0 Å².